The summed E-state index contributed by atoms with van der Waals surface area (Å²) in [5, 5.41) is 0.970. The number of rotatable bonds is 7. The summed E-state index contributed by atoms with van der Waals surface area (Å²) in [6, 6.07) is 1.87. The zero-order valence-corrected chi connectivity index (χ0v) is 11.5. The molecule has 0 fully saturated rings. The highest BCUT2D eigenvalue weighted by Gasteiger charge is 2.03. The van der Waals surface area contributed by atoms with E-state index < -0.39 is 0 Å². The minimum atomic E-state index is 0.669. The van der Waals surface area contributed by atoms with Gasteiger partial charge in [-0.05, 0) is 20.0 Å². The standard InChI is InChI=1S/C11H21N5S/c1-4-16(5-2)6-7-17-11-8-10(15-12)13-9(3)14-11/h8H,4-7,12H2,1-3H3,(H,13,14,15). The SMILES string of the molecule is CCN(CC)CCSc1cc(NN)nc(C)n1. The number of anilines is 1. The minimum absolute atomic E-state index is 0.669. The van der Waals surface area contributed by atoms with Crippen LogP contribution in [0.25, 0.3) is 0 Å². The van der Waals surface area contributed by atoms with Gasteiger partial charge in [-0.25, -0.2) is 15.8 Å². The quantitative estimate of drug-likeness (QED) is 0.333. The molecule has 96 valence electrons. The summed E-state index contributed by atoms with van der Waals surface area (Å²) in [6.45, 7) is 9.49. The van der Waals surface area contributed by atoms with Gasteiger partial charge in [0.1, 0.15) is 16.7 Å². The van der Waals surface area contributed by atoms with Gasteiger partial charge in [-0.2, -0.15) is 0 Å². The topological polar surface area (TPSA) is 67.1 Å². The summed E-state index contributed by atoms with van der Waals surface area (Å²) in [5.74, 6) is 7.79. The molecule has 0 saturated carbocycles. The molecular formula is C11H21N5S. The second-order valence-corrected chi connectivity index (χ2v) is 4.77. The summed E-state index contributed by atoms with van der Waals surface area (Å²) >= 11 is 1.73. The molecule has 3 N–H and O–H groups in total. The third kappa shape index (κ3) is 4.89. The fraction of sp³-hybridized carbons (Fsp3) is 0.636. The number of nitrogens with zero attached hydrogens (tertiary/aromatic N) is 3. The van der Waals surface area contributed by atoms with E-state index in [1.54, 1.807) is 11.8 Å². The Balaban J connectivity index is 2.48. The average Bonchev–Trinajstić information content (AvgIpc) is 2.34. The number of nitrogens with one attached hydrogen (secondary N) is 1. The molecule has 1 rings (SSSR count). The van der Waals surface area contributed by atoms with Crippen LogP contribution in [0.2, 0.25) is 0 Å². The van der Waals surface area contributed by atoms with Crippen molar-refractivity contribution in [2.45, 2.75) is 25.8 Å². The van der Waals surface area contributed by atoms with E-state index in [0.29, 0.717) is 5.82 Å². The summed E-state index contributed by atoms with van der Waals surface area (Å²) in [4.78, 5) is 10.9. The summed E-state index contributed by atoms with van der Waals surface area (Å²) < 4.78 is 0. The molecule has 0 spiro atoms. The lowest BCUT2D eigenvalue weighted by molar-refractivity contribution is 0.324. The van der Waals surface area contributed by atoms with Crippen molar-refractivity contribution >= 4 is 17.6 Å². The first-order valence-corrected chi connectivity index (χ1v) is 6.85. The largest absolute Gasteiger partial charge is 0.308 e. The van der Waals surface area contributed by atoms with Gasteiger partial charge in [-0.3, -0.25) is 0 Å². The number of hydrazine groups is 1. The van der Waals surface area contributed by atoms with E-state index in [2.05, 4.69) is 34.1 Å². The molecular weight excluding hydrogens is 234 g/mol. The van der Waals surface area contributed by atoms with Crippen molar-refractivity contribution in [1.82, 2.24) is 14.9 Å². The lowest BCUT2D eigenvalue weighted by Crippen LogP contribution is -2.25. The van der Waals surface area contributed by atoms with E-state index in [9.17, 15) is 0 Å². The number of aryl methyl sites for hydroxylation is 1. The smallest absolute Gasteiger partial charge is 0.144 e. The molecule has 17 heavy (non-hydrogen) atoms. The summed E-state index contributed by atoms with van der Waals surface area (Å²) in [5.41, 5.74) is 2.55. The molecule has 0 aliphatic carbocycles. The van der Waals surface area contributed by atoms with E-state index in [1.807, 2.05) is 13.0 Å². The van der Waals surface area contributed by atoms with E-state index in [1.165, 1.54) is 0 Å². The van der Waals surface area contributed by atoms with Crippen LogP contribution in [0.5, 0.6) is 0 Å². The normalized spacial score (nSPS) is 10.9. The van der Waals surface area contributed by atoms with E-state index in [-0.39, 0.29) is 0 Å². The van der Waals surface area contributed by atoms with Crippen molar-refractivity contribution in [3.8, 4) is 0 Å². The molecule has 1 aromatic heterocycles. The van der Waals surface area contributed by atoms with E-state index in [4.69, 9.17) is 5.84 Å². The maximum atomic E-state index is 5.35. The Hall–Kier alpha value is -0.850. The first-order chi connectivity index (χ1) is 8.19. The van der Waals surface area contributed by atoms with Crippen LogP contribution in [0.1, 0.15) is 19.7 Å². The number of nitrogens with two attached hydrogens (primary N) is 1. The van der Waals surface area contributed by atoms with Gasteiger partial charge in [0.05, 0.1) is 0 Å². The molecule has 0 unspecified atom stereocenters. The number of hydrogen-bond donors (Lipinski definition) is 2. The summed E-state index contributed by atoms with van der Waals surface area (Å²) in [6.07, 6.45) is 0. The molecule has 6 heteroatoms. The molecule has 0 atom stereocenters. The van der Waals surface area contributed by atoms with E-state index >= 15 is 0 Å². The van der Waals surface area contributed by atoms with E-state index in [0.717, 1.165) is 36.2 Å². The molecule has 0 aromatic carbocycles. The van der Waals surface area contributed by atoms with Gasteiger partial charge >= 0.3 is 0 Å². The third-order valence-electron chi connectivity index (χ3n) is 2.51. The van der Waals surface area contributed by atoms with Gasteiger partial charge < -0.3 is 10.3 Å². The Kier molecular flexibility index (Phi) is 6.25. The van der Waals surface area contributed by atoms with Gasteiger partial charge in [0, 0.05) is 18.4 Å². The lowest BCUT2D eigenvalue weighted by atomic mass is 10.5. The molecule has 5 nitrogen and oxygen atoms in total. The van der Waals surface area contributed by atoms with Crippen molar-refractivity contribution < 1.29 is 0 Å². The van der Waals surface area contributed by atoms with Gasteiger partial charge in [0.25, 0.3) is 0 Å². The number of hydrogen-bond acceptors (Lipinski definition) is 6. The first-order valence-electron chi connectivity index (χ1n) is 5.87. The zero-order valence-electron chi connectivity index (χ0n) is 10.7. The average molecular weight is 255 g/mol. The number of nitrogen functional groups attached to an aromatic ring is 1. The van der Waals surface area contributed by atoms with Crippen LogP contribution in [0.15, 0.2) is 11.1 Å². The van der Waals surface area contributed by atoms with Crippen molar-refractivity contribution in [3.05, 3.63) is 11.9 Å². The monoisotopic (exact) mass is 255 g/mol. The zero-order chi connectivity index (χ0) is 12.7. The van der Waals surface area contributed by atoms with Crippen LogP contribution < -0.4 is 11.3 Å². The molecule has 0 radical (unpaired) electrons. The van der Waals surface area contributed by atoms with Crippen molar-refractivity contribution in [2.75, 3.05) is 30.8 Å². The predicted octanol–water partition coefficient (Wildman–Crippen LogP) is 1.50. The van der Waals surface area contributed by atoms with Gasteiger partial charge in [-0.15, -0.1) is 11.8 Å². The molecule has 1 heterocycles. The highest BCUT2D eigenvalue weighted by Crippen LogP contribution is 2.18. The Labute approximate surface area is 107 Å². The van der Waals surface area contributed by atoms with Crippen molar-refractivity contribution in [2.24, 2.45) is 5.84 Å². The highest BCUT2D eigenvalue weighted by molar-refractivity contribution is 7.99. The van der Waals surface area contributed by atoms with Crippen LogP contribution in [0.3, 0.4) is 0 Å². The fourth-order valence-corrected chi connectivity index (χ4v) is 2.46. The van der Waals surface area contributed by atoms with Crippen LogP contribution in [0.4, 0.5) is 5.82 Å². The second kappa shape index (κ2) is 7.47. The molecule has 0 amide bonds. The summed E-state index contributed by atoms with van der Waals surface area (Å²) in [7, 11) is 0. The van der Waals surface area contributed by atoms with Crippen LogP contribution in [-0.4, -0.2) is 40.3 Å². The van der Waals surface area contributed by atoms with Gasteiger partial charge in [-0.1, -0.05) is 13.8 Å². The Bertz CT molecular complexity index is 341. The highest BCUT2D eigenvalue weighted by atomic mass is 32.2. The van der Waals surface area contributed by atoms with Crippen LogP contribution >= 0.6 is 11.8 Å². The minimum Gasteiger partial charge on any atom is -0.308 e. The lowest BCUT2D eigenvalue weighted by Gasteiger charge is -2.17. The third-order valence-corrected chi connectivity index (χ3v) is 3.41. The second-order valence-electron chi connectivity index (χ2n) is 3.66. The molecule has 1 aromatic rings. The van der Waals surface area contributed by atoms with Gasteiger partial charge in [0.15, 0.2) is 0 Å². The number of aromatic nitrogens is 2. The van der Waals surface area contributed by atoms with Crippen LogP contribution in [0, 0.1) is 6.92 Å². The molecule has 0 bridgehead atoms. The molecule has 0 aliphatic heterocycles. The molecule has 0 aliphatic rings. The van der Waals surface area contributed by atoms with Crippen molar-refractivity contribution in [1.29, 1.82) is 0 Å². The predicted molar refractivity (Wildman–Crippen MR) is 73.1 cm³/mol. The maximum Gasteiger partial charge on any atom is 0.144 e. The van der Waals surface area contributed by atoms with Crippen LogP contribution in [-0.2, 0) is 0 Å². The number of thioether (sulfide) groups is 1. The maximum absolute atomic E-state index is 5.35. The van der Waals surface area contributed by atoms with Gasteiger partial charge in [0.2, 0.25) is 0 Å². The Morgan fingerprint density at radius 1 is 1.35 bits per heavy atom. The first kappa shape index (κ1) is 14.2. The fourth-order valence-electron chi connectivity index (χ4n) is 1.51. The Morgan fingerprint density at radius 3 is 2.65 bits per heavy atom. The molecule has 0 saturated heterocycles. The van der Waals surface area contributed by atoms with Crippen molar-refractivity contribution in [3.63, 3.8) is 0 Å². The Morgan fingerprint density at radius 2 is 2.06 bits per heavy atom.